The van der Waals surface area contributed by atoms with E-state index in [0.717, 1.165) is 6.07 Å². The Morgan fingerprint density at radius 1 is 0.966 bits per heavy atom. The van der Waals surface area contributed by atoms with Crippen LogP contribution in [0.5, 0.6) is 0 Å². The van der Waals surface area contributed by atoms with Crippen molar-refractivity contribution in [2.45, 2.75) is 24.8 Å². The highest BCUT2D eigenvalue weighted by molar-refractivity contribution is 7.89. The molecule has 2 rings (SSSR count). The van der Waals surface area contributed by atoms with Gasteiger partial charge in [-0.15, -0.1) is 0 Å². The van der Waals surface area contributed by atoms with Gasteiger partial charge in [0.2, 0.25) is 15.9 Å². The maximum atomic E-state index is 13.5. The number of hydrogen-bond donors (Lipinski definition) is 4. The Hall–Kier alpha value is -3.31. The molecule has 0 aliphatic heterocycles. The number of hydrogen-bond acceptors (Lipinski definition) is 5. The fraction of sp³-hybridized carbons (Fsp3) is 0.167. The molecule has 3 amide bonds. The van der Waals surface area contributed by atoms with Crippen LogP contribution < -0.4 is 20.9 Å². The van der Waals surface area contributed by atoms with Crippen LogP contribution in [0.1, 0.15) is 24.2 Å². The first-order valence-corrected chi connectivity index (χ1v) is 9.83. The molecule has 1 atom stereocenters. The van der Waals surface area contributed by atoms with Crippen LogP contribution >= 0.6 is 0 Å². The van der Waals surface area contributed by atoms with E-state index in [1.807, 2.05) is 10.9 Å². The highest BCUT2D eigenvalue weighted by Gasteiger charge is 2.23. The zero-order valence-electron chi connectivity index (χ0n) is 15.5. The lowest BCUT2D eigenvalue weighted by Crippen LogP contribution is -2.51. The summed E-state index contributed by atoms with van der Waals surface area (Å²) in [6.07, 6.45) is 0. The second-order valence-electron chi connectivity index (χ2n) is 5.97. The molecule has 154 valence electrons. The maximum absolute atomic E-state index is 13.5. The summed E-state index contributed by atoms with van der Waals surface area (Å²) in [5.74, 6) is -2.81. The van der Waals surface area contributed by atoms with Gasteiger partial charge in [0.1, 0.15) is 5.82 Å². The monoisotopic (exact) mass is 422 g/mol. The number of sulfonamides is 1. The minimum atomic E-state index is -4.04. The van der Waals surface area contributed by atoms with E-state index in [1.54, 1.807) is 0 Å². The average molecular weight is 422 g/mol. The van der Waals surface area contributed by atoms with E-state index in [9.17, 15) is 27.2 Å². The summed E-state index contributed by atoms with van der Waals surface area (Å²) in [4.78, 5) is 34.8. The fourth-order valence-electron chi connectivity index (χ4n) is 2.21. The first kappa shape index (κ1) is 22.0. The molecule has 0 aromatic heterocycles. The van der Waals surface area contributed by atoms with Gasteiger partial charge in [0.25, 0.3) is 11.8 Å². The van der Waals surface area contributed by atoms with Crippen molar-refractivity contribution >= 4 is 33.4 Å². The van der Waals surface area contributed by atoms with E-state index < -0.39 is 33.7 Å². The smallest absolute Gasteiger partial charge is 0.272 e. The van der Waals surface area contributed by atoms with Crippen molar-refractivity contribution in [3.8, 4) is 0 Å². The maximum Gasteiger partial charge on any atom is 0.272 e. The minimum Gasteiger partial charge on any atom is -0.326 e. The van der Waals surface area contributed by atoms with Gasteiger partial charge in [-0.1, -0.05) is 12.1 Å². The molecule has 11 heteroatoms. The molecule has 0 saturated carbocycles. The van der Waals surface area contributed by atoms with Crippen molar-refractivity contribution < 1.29 is 27.2 Å². The van der Waals surface area contributed by atoms with Gasteiger partial charge in [-0.2, -0.15) is 4.72 Å². The lowest BCUT2D eigenvalue weighted by atomic mass is 10.2. The molecule has 0 saturated heterocycles. The van der Waals surface area contributed by atoms with Crippen LogP contribution in [0.15, 0.2) is 53.4 Å². The quantitative estimate of drug-likeness (QED) is 0.514. The van der Waals surface area contributed by atoms with Crippen molar-refractivity contribution in [1.29, 1.82) is 0 Å². The number of amides is 3. The zero-order chi connectivity index (χ0) is 21.6. The van der Waals surface area contributed by atoms with Crippen LogP contribution in [0.4, 0.5) is 10.1 Å². The van der Waals surface area contributed by atoms with Crippen molar-refractivity contribution in [2.75, 3.05) is 5.32 Å². The Morgan fingerprint density at radius 3 is 2.17 bits per heavy atom. The van der Waals surface area contributed by atoms with E-state index in [-0.39, 0.29) is 16.4 Å². The predicted molar refractivity (Wildman–Crippen MR) is 103 cm³/mol. The first-order chi connectivity index (χ1) is 13.6. The van der Waals surface area contributed by atoms with E-state index in [0.29, 0.717) is 5.69 Å². The fourth-order valence-corrected chi connectivity index (χ4v) is 3.42. The van der Waals surface area contributed by atoms with Gasteiger partial charge >= 0.3 is 0 Å². The summed E-state index contributed by atoms with van der Waals surface area (Å²) in [5, 5.41) is 2.50. The van der Waals surface area contributed by atoms with Crippen molar-refractivity contribution in [1.82, 2.24) is 15.6 Å². The SMILES string of the molecule is CC(=O)Nc1ccc(S(=O)(=O)N[C@@H](C)C(=O)NNC(=O)c2ccccc2F)cc1. The van der Waals surface area contributed by atoms with Gasteiger partial charge in [0.15, 0.2) is 0 Å². The Morgan fingerprint density at radius 2 is 1.59 bits per heavy atom. The van der Waals surface area contributed by atoms with Crippen molar-refractivity contribution in [3.05, 3.63) is 59.9 Å². The van der Waals surface area contributed by atoms with Crippen molar-refractivity contribution in [2.24, 2.45) is 0 Å². The Labute approximate surface area is 166 Å². The molecule has 0 bridgehead atoms. The third kappa shape index (κ3) is 6.09. The molecular formula is C18H19FN4O5S. The highest BCUT2D eigenvalue weighted by atomic mass is 32.2. The highest BCUT2D eigenvalue weighted by Crippen LogP contribution is 2.14. The molecule has 9 nitrogen and oxygen atoms in total. The number of anilines is 1. The van der Waals surface area contributed by atoms with Gasteiger partial charge in [0, 0.05) is 12.6 Å². The van der Waals surface area contributed by atoms with Gasteiger partial charge in [-0.25, -0.2) is 12.8 Å². The Kier molecular flexibility index (Phi) is 7.02. The van der Waals surface area contributed by atoms with Crippen LogP contribution in [-0.4, -0.2) is 32.2 Å². The van der Waals surface area contributed by atoms with E-state index in [4.69, 9.17) is 0 Å². The van der Waals surface area contributed by atoms with Crippen LogP contribution in [0, 0.1) is 5.82 Å². The molecule has 2 aromatic rings. The normalized spacial score (nSPS) is 12.0. The third-order valence-corrected chi connectivity index (χ3v) is 5.18. The number of carbonyl (C=O) groups excluding carboxylic acids is 3. The van der Waals surface area contributed by atoms with Gasteiger partial charge in [-0.05, 0) is 43.3 Å². The van der Waals surface area contributed by atoms with E-state index >= 15 is 0 Å². The Bertz CT molecular complexity index is 1020. The van der Waals surface area contributed by atoms with Crippen molar-refractivity contribution in [3.63, 3.8) is 0 Å². The second-order valence-corrected chi connectivity index (χ2v) is 7.69. The number of hydrazine groups is 1. The molecule has 0 aliphatic carbocycles. The molecule has 0 heterocycles. The van der Waals surface area contributed by atoms with Crippen LogP contribution in [0.3, 0.4) is 0 Å². The average Bonchev–Trinajstić information content (AvgIpc) is 2.65. The molecule has 0 radical (unpaired) electrons. The number of nitrogens with one attached hydrogen (secondary N) is 4. The van der Waals surface area contributed by atoms with Gasteiger partial charge in [0.05, 0.1) is 16.5 Å². The zero-order valence-corrected chi connectivity index (χ0v) is 16.3. The predicted octanol–water partition coefficient (Wildman–Crippen LogP) is 0.912. The lowest BCUT2D eigenvalue weighted by Gasteiger charge is -2.15. The van der Waals surface area contributed by atoms with Gasteiger partial charge in [-0.3, -0.25) is 25.2 Å². The van der Waals surface area contributed by atoms with Crippen LogP contribution in [0.25, 0.3) is 0 Å². The van der Waals surface area contributed by atoms with E-state index in [1.165, 1.54) is 56.3 Å². The molecule has 4 N–H and O–H groups in total. The number of carbonyl (C=O) groups is 3. The van der Waals surface area contributed by atoms with Gasteiger partial charge < -0.3 is 5.32 Å². The molecule has 0 fully saturated rings. The molecule has 2 aromatic carbocycles. The summed E-state index contributed by atoms with van der Waals surface area (Å²) < 4.78 is 40.4. The summed E-state index contributed by atoms with van der Waals surface area (Å²) in [6, 6.07) is 9.26. The molecule has 0 unspecified atom stereocenters. The molecule has 0 aliphatic rings. The summed E-state index contributed by atoms with van der Waals surface area (Å²) >= 11 is 0. The first-order valence-electron chi connectivity index (χ1n) is 8.35. The van der Waals surface area contributed by atoms with Crippen LogP contribution in [0.2, 0.25) is 0 Å². The number of benzene rings is 2. The van der Waals surface area contributed by atoms with Crippen LogP contribution in [-0.2, 0) is 19.6 Å². The lowest BCUT2D eigenvalue weighted by molar-refractivity contribution is -0.123. The Balaban J connectivity index is 1.96. The largest absolute Gasteiger partial charge is 0.326 e. The second kappa shape index (κ2) is 9.26. The third-order valence-electron chi connectivity index (χ3n) is 3.63. The van der Waals surface area contributed by atoms with E-state index in [2.05, 4.69) is 10.0 Å². The number of rotatable bonds is 6. The number of halogens is 1. The topological polar surface area (TPSA) is 133 Å². The standard InChI is InChI=1S/C18H19FN4O5S/c1-11(17(25)21-22-18(26)15-5-3-4-6-16(15)19)23-29(27,28)14-9-7-13(8-10-14)20-12(2)24/h3-11,23H,1-2H3,(H,20,24)(H,21,25)(H,22,26)/t11-/m0/s1. The summed E-state index contributed by atoms with van der Waals surface area (Å²) in [7, 11) is -4.04. The molecule has 0 spiro atoms. The summed E-state index contributed by atoms with van der Waals surface area (Å²) in [6.45, 7) is 2.59. The molecule has 29 heavy (non-hydrogen) atoms. The molecular weight excluding hydrogens is 403 g/mol. The minimum absolute atomic E-state index is 0.123. The summed E-state index contributed by atoms with van der Waals surface area (Å²) in [5.41, 5.74) is 4.19.